The zero-order valence-corrected chi connectivity index (χ0v) is 10.2. The summed E-state index contributed by atoms with van der Waals surface area (Å²) in [4.78, 5) is 16.5. The molecule has 3 rings (SSSR count). The molecule has 96 valence electrons. The van der Waals surface area contributed by atoms with Gasteiger partial charge in [0, 0.05) is 13.1 Å². The molecule has 2 N–H and O–H groups in total. The first-order valence-corrected chi connectivity index (χ1v) is 6.00. The predicted molar refractivity (Wildman–Crippen MR) is 72.2 cm³/mol. The van der Waals surface area contributed by atoms with Crippen molar-refractivity contribution in [2.24, 2.45) is 5.73 Å². The SMILES string of the molecule is NCCn1cnc2c(cnn2-c2ccccc2)c1=O. The van der Waals surface area contributed by atoms with E-state index in [0.717, 1.165) is 5.69 Å². The van der Waals surface area contributed by atoms with Crippen LogP contribution >= 0.6 is 0 Å². The van der Waals surface area contributed by atoms with Crippen molar-refractivity contribution < 1.29 is 0 Å². The molecule has 0 saturated heterocycles. The molecular formula is C13H13N5O. The fourth-order valence-electron chi connectivity index (χ4n) is 2.01. The van der Waals surface area contributed by atoms with Gasteiger partial charge in [-0.05, 0) is 12.1 Å². The van der Waals surface area contributed by atoms with Gasteiger partial charge in [-0.3, -0.25) is 9.36 Å². The molecule has 0 spiro atoms. The highest BCUT2D eigenvalue weighted by atomic mass is 16.1. The van der Waals surface area contributed by atoms with Gasteiger partial charge in [-0.1, -0.05) is 18.2 Å². The van der Waals surface area contributed by atoms with Crippen LogP contribution in [0, 0.1) is 0 Å². The Bertz CT molecular complexity index is 760. The number of aromatic nitrogens is 4. The van der Waals surface area contributed by atoms with Gasteiger partial charge in [0.25, 0.3) is 5.56 Å². The average molecular weight is 255 g/mol. The zero-order chi connectivity index (χ0) is 13.2. The Morgan fingerprint density at radius 1 is 1.21 bits per heavy atom. The summed E-state index contributed by atoms with van der Waals surface area (Å²) in [5.41, 5.74) is 6.78. The van der Waals surface area contributed by atoms with Crippen molar-refractivity contribution in [2.75, 3.05) is 6.54 Å². The van der Waals surface area contributed by atoms with Crippen molar-refractivity contribution in [2.45, 2.75) is 6.54 Å². The first kappa shape index (κ1) is 11.6. The van der Waals surface area contributed by atoms with E-state index in [9.17, 15) is 4.79 Å². The van der Waals surface area contributed by atoms with Gasteiger partial charge in [0.1, 0.15) is 11.7 Å². The van der Waals surface area contributed by atoms with E-state index in [2.05, 4.69) is 10.1 Å². The topological polar surface area (TPSA) is 78.7 Å². The van der Waals surface area contributed by atoms with E-state index in [1.807, 2.05) is 30.3 Å². The monoisotopic (exact) mass is 255 g/mol. The molecule has 0 unspecified atom stereocenters. The zero-order valence-electron chi connectivity index (χ0n) is 10.2. The van der Waals surface area contributed by atoms with Gasteiger partial charge >= 0.3 is 0 Å². The lowest BCUT2D eigenvalue weighted by atomic mass is 10.3. The minimum absolute atomic E-state index is 0.113. The van der Waals surface area contributed by atoms with Crippen LogP contribution in [0.4, 0.5) is 0 Å². The van der Waals surface area contributed by atoms with Crippen molar-refractivity contribution in [3.05, 3.63) is 53.2 Å². The first-order valence-electron chi connectivity index (χ1n) is 6.00. The number of nitrogens with two attached hydrogens (primary N) is 1. The van der Waals surface area contributed by atoms with Gasteiger partial charge in [-0.2, -0.15) is 5.10 Å². The summed E-state index contributed by atoms with van der Waals surface area (Å²) in [6.45, 7) is 0.859. The molecule has 19 heavy (non-hydrogen) atoms. The molecule has 0 radical (unpaired) electrons. The number of fused-ring (bicyclic) bond motifs is 1. The first-order chi connectivity index (χ1) is 9.31. The molecule has 6 nitrogen and oxygen atoms in total. The quantitative estimate of drug-likeness (QED) is 0.741. The predicted octanol–water partition coefficient (Wildman–Crippen LogP) is 0.541. The summed E-state index contributed by atoms with van der Waals surface area (Å²) in [5, 5.41) is 4.74. The van der Waals surface area contributed by atoms with Crippen LogP contribution in [0.25, 0.3) is 16.7 Å². The molecule has 2 heterocycles. The number of nitrogens with zero attached hydrogens (tertiary/aromatic N) is 4. The summed E-state index contributed by atoms with van der Waals surface area (Å²) in [6.07, 6.45) is 3.06. The highest BCUT2D eigenvalue weighted by Crippen LogP contribution is 2.12. The number of rotatable bonds is 3. The number of hydrogen-bond donors (Lipinski definition) is 1. The second-order valence-electron chi connectivity index (χ2n) is 4.16. The number of hydrogen-bond acceptors (Lipinski definition) is 4. The van der Waals surface area contributed by atoms with Crippen LogP contribution in [-0.2, 0) is 6.54 Å². The Morgan fingerprint density at radius 2 is 2.00 bits per heavy atom. The van der Waals surface area contributed by atoms with Crippen molar-refractivity contribution >= 4 is 11.0 Å². The smallest absolute Gasteiger partial charge is 0.264 e. The number of para-hydroxylation sites is 1. The lowest BCUT2D eigenvalue weighted by molar-refractivity contribution is 0.672. The molecule has 0 atom stereocenters. The van der Waals surface area contributed by atoms with Crippen molar-refractivity contribution in [1.82, 2.24) is 19.3 Å². The molecular weight excluding hydrogens is 242 g/mol. The summed E-state index contributed by atoms with van der Waals surface area (Å²) in [5.74, 6) is 0. The van der Waals surface area contributed by atoms with Crippen LogP contribution in [0.5, 0.6) is 0 Å². The Balaban J connectivity index is 2.21. The average Bonchev–Trinajstić information content (AvgIpc) is 2.88. The minimum Gasteiger partial charge on any atom is -0.329 e. The van der Waals surface area contributed by atoms with Gasteiger partial charge in [0.05, 0.1) is 11.9 Å². The van der Waals surface area contributed by atoms with Crippen LogP contribution in [0.15, 0.2) is 47.7 Å². The molecule has 0 aliphatic rings. The summed E-state index contributed by atoms with van der Waals surface area (Å²) >= 11 is 0. The third-order valence-electron chi connectivity index (χ3n) is 2.93. The molecule has 0 saturated carbocycles. The third-order valence-corrected chi connectivity index (χ3v) is 2.93. The van der Waals surface area contributed by atoms with Crippen LogP contribution in [0.1, 0.15) is 0 Å². The number of benzene rings is 1. The molecule has 2 aromatic heterocycles. The Morgan fingerprint density at radius 3 is 2.74 bits per heavy atom. The van der Waals surface area contributed by atoms with Crippen LogP contribution < -0.4 is 11.3 Å². The second kappa shape index (κ2) is 4.66. The molecule has 0 bridgehead atoms. The normalized spacial score (nSPS) is 11.0. The molecule has 0 aliphatic heterocycles. The van der Waals surface area contributed by atoms with E-state index in [0.29, 0.717) is 24.1 Å². The summed E-state index contributed by atoms with van der Waals surface area (Å²) in [6, 6.07) is 9.59. The summed E-state index contributed by atoms with van der Waals surface area (Å²) in [7, 11) is 0. The van der Waals surface area contributed by atoms with Crippen molar-refractivity contribution in [1.29, 1.82) is 0 Å². The maximum Gasteiger partial charge on any atom is 0.264 e. The van der Waals surface area contributed by atoms with E-state index in [1.165, 1.54) is 10.9 Å². The van der Waals surface area contributed by atoms with Crippen LogP contribution in [0.2, 0.25) is 0 Å². The lowest BCUT2D eigenvalue weighted by Crippen LogP contribution is -2.24. The van der Waals surface area contributed by atoms with Gasteiger partial charge in [0.2, 0.25) is 0 Å². The molecule has 6 heteroatoms. The van der Waals surface area contributed by atoms with E-state index in [-0.39, 0.29) is 5.56 Å². The Kier molecular flexibility index (Phi) is 2.85. The van der Waals surface area contributed by atoms with Gasteiger partial charge in [-0.15, -0.1) is 0 Å². The fourth-order valence-corrected chi connectivity index (χ4v) is 2.01. The molecule has 0 fully saturated rings. The highest BCUT2D eigenvalue weighted by molar-refractivity contribution is 5.74. The molecule has 0 amide bonds. The van der Waals surface area contributed by atoms with Crippen molar-refractivity contribution in [3.8, 4) is 5.69 Å². The fraction of sp³-hybridized carbons (Fsp3) is 0.154. The van der Waals surface area contributed by atoms with E-state index >= 15 is 0 Å². The lowest BCUT2D eigenvalue weighted by Gasteiger charge is -2.04. The van der Waals surface area contributed by atoms with E-state index in [4.69, 9.17) is 5.73 Å². The molecule has 1 aromatic carbocycles. The molecule has 0 aliphatic carbocycles. The van der Waals surface area contributed by atoms with E-state index < -0.39 is 0 Å². The standard InChI is InChI=1S/C13H13N5O/c14-6-7-17-9-15-12-11(13(17)19)8-16-18(12)10-4-2-1-3-5-10/h1-5,8-9H,6-7,14H2. The minimum atomic E-state index is -0.113. The van der Waals surface area contributed by atoms with Gasteiger partial charge in [-0.25, -0.2) is 9.67 Å². The van der Waals surface area contributed by atoms with E-state index in [1.54, 1.807) is 10.9 Å². The Labute approximate surface area is 109 Å². The van der Waals surface area contributed by atoms with Gasteiger partial charge in [0.15, 0.2) is 5.65 Å². The third kappa shape index (κ3) is 1.92. The second-order valence-corrected chi connectivity index (χ2v) is 4.16. The van der Waals surface area contributed by atoms with Crippen LogP contribution in [0.3, 0.4) is 0 Å². The molecule has 3 aromatic rings. The summed E-state index contributed by atoms with van der Waals surface area (Å²) < 4.78 is 3.16. The maximum absolute atomic E-state index is 12.2. The highest BCUT2D eigenvalue weighted by Gasteiger charge is 2.10. The van der Waals surface area contributed by atoms with Crippen LogP contribution in [-0.4, -0.2) is 25.9 Å². The maximum atomic E-state index is 12.2. The largest absolute Gasteiger partial charge is 0.329 e. The Hall–Kier alpha value is -2.47. The van der Waals surface area contributed by atoms with Gasteiger partial charge < -0.3 is 5.73 Å². The van der Waals surface area contributed by atoms with Crippen molar-refractivity contribution in [3.63, 3.8) is 0 Å².